The summed E-state index contributed by atoms with van der Waals surface area (Å²) < 4.78 is 24.3. The molecule has 0 unspecified atom stereocenters. The zero-order chi connectivity index (χ0) is 21.3. The van der Waals surface area contributed by atoms with E-state index in [0.717, 1.165) is 47.9 Å². The number of aromatic nitrogens is 2. The Hall–Kier alpha value is -2.18. The number of hydrogen-bond acceptors (Lipinski definition) is 4. The summed E-state index contributed by atoms with van der Waals surface area (Å²) in [7, 11) is 1.82. The molecule has 0 atom stereocenters. The van der Waals surface area contributed by atoms with Crippen molar-refractivity contribution in [2.24, 2.45) is 5.92 Å². The van der Waals surface area contributed by atoms with Crippen LogP contribution in [0.4, 0.5) is 0 Å². The number of nitrogens with zero attached hydrogens (tertiary/aromatic N) is 2. The van der Waals surface area contributed by atoms with E-state index in [9.17, 15) is 13.2 Å². The van der Waals surface area contributed by atoms with Crippen molar-refractivity contribution in [3.05, 3.63) is 64.4 Å². The maximum atomic E-state index is 13.2. The second-order valence-corrected chi connectivity index (χ2v) is 11.1. The van der Waals surface area contributed by atoms with Gasteiger partial charge in [0.25, 0.3) is 5.56 Å². The molecule has 0 aliphatic heterocycles. The predicted octanol–water partition coefficient (Wildman–Crippen LogP) is 4.93. The molecule has 0 spiro atoms. The number of halogens is 1. The van der Waals surface area contributed by atoms with Gasteiger partial charge in [-0.15, -0.1) is 0 Å². The minimum absolute atomic E-state index is 0.0432. The SMILES string of the molecule is CC1CCC(n2nc(-c3cccc(CCS(=O)(=O)Cl)c3)c3ccccc3c2=O)CC1. The Kier molecular flexibility index (Phi) is 5.98. The lowest BCUT2D eigenvalue weighted by Crippen LogP contribution is -2.30. The van der Waals surface area contributed by atoms with E-state index < -0.39 is 9.05 Å². The summed E-state index contributed by atoms with van der Waals surface area (Å²) in [5.74, 6) is 0.568. The van der Waals surface area contributed by atoms with Crippen molar-refractivity contribution in [2.75, 3.05) is 5.75 Å². The second-order valence-electron chi connectivity index (χ2n) is 8.25. The molecule has 0 amide bonds. The number of rotatable bonds is 5. The van der Waals surface area contributed by atoms with Gasteiger partial charge >= 0.3 is 0 Å². The van der Waals surface area contributed by atoms with Crippen LogP contribution in [0.3, 0.4) is 0 Å². The molecule has 3 aromatic rings. The molecular formula is C23H25ClN2O3S. The molecule has 1 aliphatic carbocycles. The van der Waals surface area contributed by atoms with Crippen LogP contribution in [-0.2, 0) is 15.5 Å². The van der Waals surface area contributed by atoms with E-state index >= 15 is 0 Å². The fraction of sp³-hybridized carbons (Fsp3) is 0.391. The third kappa shape index (κ3) is 4.60. The van der Waals surface area contributed by atoms with Gasteiger partial charge in [-0.1, -0.05) is 43.3 Å². The summed E-state index contributed by atoms with van der Waals surface area (Å²) >= 11 is 0. The van der Waals surface area contributed by atoms with E-state index in [1.165, 1.54) is 0 Å². The van der Waals surface area contributed by atoms with Crippen LogP contribution in [0.2, 0.25) is 0 Å². The van der Waals surface area contributed by atoms with Gasteiger partial charge < -0.3 is 0 Å². The molecule has 1 aromatic heterocycles. The van der Waals surface area contributed by atoms with Gasteiger partial charge in [-0.2, -0.15) is 5.10 Å². The summed E-state index contributed by atoms with van der Waals surface area (Å²) in [5, 5.41) is 6.30. The zero-order valence-electron chi connectivity index (χ0n) is 16.9. The highest BCUT2D eigenvalue weighted by atomic mass is 35.7. The molecule has 0 saturated heterocycles. The number of fused-ring (bicyclic) bond motifs is 1. The van der Waals surface area contributed by atoms with Gasteiger partial charge in [0.15, 0.2) is 0 Å². The first kappa shape index (κ1) is 21.1. The van der Waals surface area contributed by atoms with Gasteiger partial charge in [0.05, 0.1) is 22.9 Å². The lowest BCUT2D eigenvalue weighted by molar-refractivity contribution is 0.268. The van der Waals surface area contributed by atoms with Crippen LogP contribution in [0.25, 0.3) is 22.0 Å². The smallest absolute Gasteiger partial charge is 0.267 e. The Morgan fingerprint density at radius 1 is 1.03 bits per heavy atom. The molecule has 4 rings (SSSR count). The van der Waals surface area contributed by atoms with Crippen LogP contribution < -0.4 is 5.56 Å². The van der Waals surface area contributed by atoms with Crippen LogP contribution in [0, 0.1) is 5.92 Å². The van der Waals surface area contributed by atoms with Gasteiger partial charge in [0.2, 0.25) is 9.05 Å². The van der Waals surface area contributed by atoms with Gasteiger partial charge in [0.1, 0.15) is 0 Å². The van der Waals surface area contributed by atoms with Crippen molar-refractivity contribution >= 4 is 30.5 Å². The highest BCUT2D eigenvalue weighted by molar-refractivity contribution is 8.13. The lowest BCUT2D eigenvalue weighted by atomic mass is 9.87. The lowest BCUT2D eigenvalue weighted by Gasteiger charge is -2.27. The van der Waals surface area contributed by atoms with Crippen molar-refractivity contribution < 1.29 is 8.42 Å². The number of hydrogen-bond donors (Lipinski definition) is 0. The first-order valence-corrected chi connectivity index (χ1v) is 12.8. The normalized spacial score (nSPS) is 19.8. The molecule has 1 aliphatic rings. The highest BCUT2D eigenvalue weighted by Crippen LogP contribution is 2.32. The molecule has 5 nitrogen and oxygen atoms in total. The molecule has 0 radical (unpaired) electrons. The van der Waals surface area contributed by atoms with Crippen LogP contribution in [0.1, 0.15) is 44.2 Å². The Labute approximate surface area is 181 Å². The maximum Gasteiger partial charge on any atom is 0.274 e. The zero-order valence-corrected chi connectivity index (χ0v) is 18.5. The molecular weight excluding hydrogens is 420 g/mol. The fourth-order valence-electron chi connectivity index (χ4n) is 4.27. The molecule has 2 aromatic carbocycles. The van der Waals surface area contributed by atoms with E-state index in [-0.39, 0.29) is 17.4 Å². The number of aryl methyl sites for hydroxylation is 1. The molecule has 1 saturated carbocycles. The average Bonchev–Trinajstić information content (AvgIpc) is 2.73. The van der Waals surface area contributed by atoms with Gasteiger partial charge in [-0.25, -0.2) is 13.1 Å². The highest BCUT2D eigenvalue weighted by Gasteiger charge is 2.23. The molecule has 0 bridgehead atoms. The first-order valence-electron chi connectivity index (χ1n) is 10.3. The summed E-state index contributed by atoms with van der Waals surface area (Å²) in [5.41, 5.74) is 2.44. The van der Waals surface area contributed by atoms with E-state index in [4.69, 9.17) is 15.8 Å². The Bertz CT molecular complexity index is 1230. The van der Waals surface area contributed by atoms with Crippen molar-refractivity contribution in [1.29, 1.82) is 0 Å². The monoisotopic (exact) mass is 444 g/mol. The molecule has 30 heavy (non-hydrogen) atoms. The van der Waals surface area contributed by atoms with Crippen molar-refractivity contribution in [3.8, 4) is 11.3 Å². The topological polar surface area (TPSA) is 69.0 Å². The van der Waals surface area contributed by atoms with Crippen LogP contribution >= 0.6 is 10.7 Å². The van der Waals surface area contributed by atoms with Gasteiger partial charge in [0, 0.05) is 21.6 Å². The fourth-order valence-corrected chi connectivity index (χ4v) is 4.98. The summed E-state index contributed by atoms with van der Waals surface area (Å²) in [6.07, 6.45) is 4.45. The summed E-state index contributed by atoms with van der Waals surface area (Å²) in [6.45, 7) is 2.25. The van der Waals surface area contributed by atoms with Crippen LogP contribution in [-0.4, -0.2) is 24.0 Å². The Balaban J connectivity index is 1.81. The van der Waals surface area contributed by atoms with Crippen molar-refractivity contribution in [1.82, 2.24) is 9.78 Å². The third-order valence-electron chi connectivity index (χ3n) is 5.99. The van der Waals surface area contributed by atoms with Crippen LogP contribution in [0.15, 0.2) is 53.3 Å². The quantitative estimate of drug-likeness (QED) is 0.523. The van der Waals surface area contributed by atoms with Gasteiger partial charge in [-0.3, -0.25) is 4.79 Å². The third-order valence-corrected chi connectivity index (χ3v) is 7.15. The van der Waals surface area contributed by atoms with E-state index in [0.29, 0.717) is 17.7 Å². The standard InChI is InChI=1S/C23H25ClN2O3S/c1-16-9-11-19(12-10-16)26-23(27)21-8-3-2-7-20(21)22(25-26)18-6-4-5-17(15-18)13-14-30(24,28)29/h2-8,15-16,19H,9-14H2,1H3. The molecule has 1 heterocycles. The van der Waals surface area contributed by atoms with Crippen LogP contribution in [0.5, 0.6) is 0 Å². The summed E-state index contributed by atoms with van der Waals surface area (Å²) in [6, 6.07) is 15.3. The van der Waals surface area contributed by atoms with Gasteiger partial charge in [-0.05, 0) is 55.7 Å². The Morgan fingerprint density at radius 3 is 2.43 bits per heavy atom. The van der Waals surface area contributed by atoms with E-state index in [2.05, 4.69) is 6.92 Å². The van der Waals surface area contributed by atoms with Crippen molar-refractivity contribution in [2.45, 2.75) is 45.1 Å². The predicted molar refractivity (Wildman–Crippen MR) is 121 cm³/mol. The largest absolute Gasteiger partial charge is 0.274 e. The summed E-state index contributed by atoms with van der Waals surface area (Å²) in [4.78, 5) is 13.2. The second kappa shape index (κ2) is 8.52. The molecule has 0 N–H and O–H groups in total. The average molecular weight is 445 g/mol. The van der Waals surface area contributed by atoms with E-state index in [1.54, 1.807) is 4.68 Å². The minimum Gasteiger partial charge on any atom is -0.267 e. The minimum atomic E-state index is -3.55. The molecule has 7 heteroatoms. The molecule has 158 valence electrons. The number of benzene rings is 2. The first-order chi connectivity index (χ1) is 14.3. The van der Waals surface area contributed by atoms with E-state index in [1.807, 2.05) is 48.5 Å². The maximum absolute atomic E-state index is 13.2. The van der Waals surface area contributed by atoms with Crippen molar-refractivity contribution in [3.63, 3.8) is 0 Å². The Morgan fingerprint density at radius 2 is 1.73 bits per heavy atom. The molecule has 1 fully saturated rings.